The lowest BCUT2D eigenvalue weighted by Crippen LogP contribution is -1.97. The molecule has 0 aliphatic heterocycles. The van der Waals surface area contributed by atoms with Crippen LogP contribution in [0.5, 0.6) is 5.75 Å². The van der Waals surface area contributed by atoms with Crippen LogP contribution in [-0.2, 0) is 0 Å². The van der Waals surface area contributed by atoms with Gasteiger partial charge in [0.25, 0.3) is 0 Å². The van der Waals surface area contributed by atoms with Gasteiger partial charge in [0.1, 0.15) is 17.3 Å². The first-order valence-corrected chi connectivity index (χ1v) is 8.91. The second-order valence-corrected chi connectivity index (χ2v) is 6.51. The second-order valence-electron chi connectivity index (χ2n) is 6.51. The van der Waals surface area contributed by atoms with E-state index in [1.807, 2.05) is 60.8 Å². The molecular formula is C23H16FN3O. The number of fused-ring (bicyclic) bond motifs is 3. The molecule has 5 aromatic rings. The van der Waals surface area contributed by atoms with Gasteiger partial charge in [0.2, 0.25) is 0 Å². The first-order chi connectivity index (χ1) is 13.7. The van der Waals surface area contributed by atoms with Gasteiger partial charge < -0.3 is 4.74 Å². The summed E-state index contributed by atoms with van der Waals surface area (Å²) in [6.07, 6.45) is 1.83. The monoisotopic (exact) mass is 369 g/mol. The van der Waals surface area contributed by atoms with Crippen LogP contribution in [0.25, 0.3) is 38.8 Å². The van der Waals surface area contributed by atoms with E-state index in [0.717, 1.165) is 38.8 Å². The molecule has 136 valence electrons. The number of ether oxygens (including phenoxy) is 1. The molecule has 5 heteroatoms. The molecular weight excluding hydrogens is 353 g/mol. The third-order valence-corrected chi connectivity index (χ3v) is 4.83. The van der Waals surface area contributed by atoms with E-state index in [2.05, 4.69) is 4.98 Å². The Labute approximate surface area is 160 Å². The van der Waals surface area contributed by atoms with Crippen molar-refractivity contribution in [1.29, 1.82) is 0 Å². The second kappa shape index (κ2) is 6.46. The number of pyridine rings is 1. The number of hydrogen-bond acceptors (Lipinski definition) is 3. The van der Waals surface area contributed by atoms with Gasteiger partial charge >= 0.3 is 0 Å². The van der Waals surface area contributed by atoms with E-state index in [0.29, 0.717) is 5.69 Å². The molecule has 28 heavy (non-hydrogen) atoms. The zero-order valence-electron chi connectivity index (χ0n) is 15.1. The Morgan fingerprint density at radius 3 is 2.50 bits per heavy atom. The smallest absolute Gasteiger partial charge is 0.125 e. The Morgan fingerprint density at radius 2 is 1.71 bits per heavy atom. The van der Waals surface area contributed by atoms with Gasteiger partial charge in [-0.1, -0.05) is 24.3 Å². The minimum atomic E-state index is -0.300. The highest BCUT2D eigenvalue weighted by molar-refractivity contribution is 6.08. The van der Waals surface area contributed by atoms with Crippen molar-refractivity contribution in [3.63, 3.8) is 0 Å². The molecule has 0 N–H and O–H groups in total. The highest BCUT2D eigenvalue weighted by Gasteiger charge is 2.17. The molecule has 0 saturated heterocycles. The number of benzene rings is 3. The molecule has 4 nitrogen and oxygen atoms in total. The van der Waals surface area contributed by atoms with Crippen molar-refractivity contribution in [2.24, 2.45) is 0 Å². The largest absolute Gasteiger partial charge is 0.497 e. The van der Waals surface area contributed by atoms with Crippen molar-refractivity contribution < 1.29 is 9.13 Å². The van der Waals surface area contributed by atoms with Crippen LogP contribution in [0.4, 0.5) is 4.39 Å². The molecule has 0 atom stereocenters. The summed E-state index contributed by atoms with van der Waals surface area (Å²) < 4.78 is 21.0. The molecule has 0 aliphatic carbocycles. The summed E-state index contributed by atoms with van der Waals surface area (Å²) in [6.45, 7) is 0. The van der Waals surface area contributed by atoms with Gasteiger partial charge in [-0.15, -0.1) is 0 Å². The van der Waals surface area contributed by atoms with E-state index in [-0.39, 0.29) is 5.82 Å². The summed E-state index contributed by atoms with van der Waals surface area (Å²) in [5.74, 6) is 0.478. The molecule has 2 aromatic heterocycles. The summed E-state index contributed by atoms with van der Waals surface area (Å²) in [4.78, 5) is 4.60. The van der Waals surface area contributed by atoms with Crippen LogP contribution in [0.2, 0.25) is 0 Å². The minimum Gasteiger partial charge on any atom is -0.497 e. The molecule has 0 unspecified atom stereocenters. The van der Waals surface area contributed by atoms with E-state index >= 15 is 0 Å². The van der Waals surface area contributed by atoms with Crippen molar-refractivity contribution in [1.82, 2.24) is 14.8 Å². The quantitative estimate of drug-likeness (QED) is 0.428. The van der Waals surface area contributed by atoms with Gasteiger partial charge in [0.05, 0.1) is 23.8 Å². The van der Waals surface area contributed by atoms with Gasteiger partial charge in [0.15, 0.2) is 0 Å². The van der Waals surface area contributed by atoms with Crippen LogP contribution in [0.3, 0.4) is 0 Å². The highest BCUT2D eigenvalue weighted by atomic mass is 19.1. The van der Waals surface area contributed by atoms with Crippen LogP contribution in [0, 0.1) is 5.82 Å². The summed E-state index contributed by atoms with van der Waals surface area (Å²) >= 11 is 0. The molecule has 3 aromatic carbocycles. The first kappa shape index (κ1) is 16.4. The predicted octanol–water partition coefficient (Wildman–Crippen LogP) is 5.39. The fourth-order valence-electron chi connectivity index (χ4n) is 3.49. The van der Waals surface area contributed by atoms with Crippen molar-refractivity contribution >= 4 is 21.8 Å². The summed E-state index contributed by atoms with van der Waals surface area (Å²) in [5.41, 5.74) is 4.18. The lowest BCUT2D eigenvalue weighted by Gasteiger charge is -2.05. The Bertz CT molecular complexity index is 1310. The summed E-state index contributed by atoms with van der Waals surface area (Å²) in [7, 11) is 1.64. The molecule has 5 rings (SSSR count). The van der Waals surface area contributed by atoms with E-state index in [4.69, 9.17) is 9.84 Å². The maximum absolute atomic E-state index is 13.9. The van der Waals surface area contributed by atoms with Gasteiger partial charge in [-0.25, -0.2) is 9.07 Å². The van der Waals surface area contributed by atoms with E-state index < -0.39 is 0 Å². The Morgan fingerprint density at radius 1 is 0.893 bits per heavy atom. The number of halogens is 1. The molecule has 0 radical (unpaired) electrons. The third-order valence-electron chi connectivity index (χ3n) is 4.83. The van der Waals surface area contributed by atoms with Crippen LogP contribution >= 0.6 is 0 Å². The molecule has 0 aliphatic rings. The summed E-state index contributed by atoms with van der Waals surface area (Å²) in [5, 5.41) is 6.73. The highest BCUT2D eigenvalue weighted by Crippen LogP contribution is 2.34. The number of hydrogen-bond donors (Lipinski definition) is 0. The molecule has 0 amide bonds. The Kier molecular flexibility index (Phi) is 3.79. The average Bonchev–Trinajstić information content (AvgIpc) is 3.14. The molecule has 2 heterocycles. The number of aromatic nitrogens is 3. The van der Waals surface area contributed by atoms with Crippen molar-refractivity contribution in [2.45, 2.75) is 0 Å². The van der Waals surface area contributed by atoms with Crippen LogP contribution < -0.4 is 4.74 Å². The first-order valence-electron chi connectivity index (χ1n) is 8.91. The van der Waals surface area contributed by atoms with E-state index in [9.17, 15) is 4.39 Å². The zero-order chi connectivity index (χ0) is 19.1. The van der Waals surface area contributed by atoms with Gasteiger partial charge in [-0.3, -0.25) is 4.98 Å². The van der Waals surface area contributed by atoms with Crippen LogP contribution in [0.15, 0.2) is 79.0 Å². The lowest BCUT2D eigenvalue weighted by molar-refractivity contribution is 0.415. The van der Waals surface area contributed by atoms with Crippen molar-refractivity contribution in [3.8, 4) is 22.7 Å². The standard InChI is InChI=1S/C23H16FN3O/c1-28-18-11-9-15(10-12-18)22-20-14-25-21-8-3-2-7-19(21)23(20)27(26-22)17-6-4-5-16(24)13-17/h2-14H,1H3. The molecule has 0 bridgehead atoms. The Balaban J connectivity index is 1.86. The van der Waals surface area contributed by atoms with Gasteiger partial charge in [-0.05, 0) is 48.5 Å². The third kappa shape index (κ3) is 2.60. The molecule has 0 saturated carbocycles. The molecule has 0 spiro atoms. The van der Waals surface area contributed by atoms with Crippen molar-refractivity contribution in [3.05, 3.63) is 84.8 Å². The Hall–Kier alpha value is -3.73. The minimum absolute atomic E-state index is 0.300. The number of para-hydroxylation sites is 1. The maximum Gasteiger partial charge on any atom is 0.125 e. The van der Waals surface area contributed by atoms with Crippen molar-refractivity contribution in [2.75, 3.05) is 7.11 Å². The fourth-order valence-corrected chi connectivity index (χ4v) is 3.49. The maximum atomic E-state index is 13.9. The van der Waals surface area contributed by atoms with E-state index in [1.165, 1.54) is 12.1 Å². The normalized spacial score (nSPS) is 11.2. The van der Waals surface area contributed by atoms with Gasteiger partial charge in [-0.2, -0.15) is 5.10 Å². The predicted molar refractivity (Wildman–Crippen MR) is 108 cm³/mol. The van der Waals surface area contributed by atoms with Crippen LogP contribution in [-0.4, -0.2) is 21.9 Å². The summed E-state index contributed by atoms with van der Waals surface area (Å²) in [6, 6.07) is 22.1. The average molecular weight is 369 g/mol. The SMILES string of the molecule is COc1ccc(-c2nn(-c3cccc(F)c3)c3c2cnc2ccccc23)cc1. The zero-order valence-corrected chi connectivity index (χ0v) is 15.1. The van der Waals surface area contributed by atoms with E-state index in [1.54, 1.807) is 17.9 Å². The topological polar surface area (TPSA) is 39.9 Å². The lowest BCUT2D eigenvalue weighted by atomic mass is 10.1. The number of rotatable bonds is 3. The fraction of sp³-hybridized carbons (Fsp3) is 0.0435. The van der Waals surface area contributed by atoms with Gasteiger partial charge in [0, 0.05) is 22.5 Å². The number of nitrogens with zero attached hydrogens (tertiary/aromatic N) is 3. The number of methoxy groups -OCH3 is 1. The van der Waals surface area contributed by atoms with Crippen LogP contribution in [0.1, 0.15) is 0 Å². The molecule has 0 fully saturated rings.